The van der Waals surface area contributed by atoms with Crippen molar-refractivity contribution in [3.63, 3.8) is 0 Å². The van der Waals surface area contributed by atoms with Crippen molar-refractivity contribution in [2.75, 3.05) is 5.32 Å². The van der Waals surface area contributed by atoms with Crippen LogP contribution in [0.15, 0.2) is 47.4 Å². The average Bonchev–Trinajstić information content (AvgIpc) is 2.55. The summed E-state index contributed by atoms with van der Waals surface area (Å²) in [5, 5.41) is 17.5. The lowest BCUT2D eigenvalue weighted by Crippen LogP contribution is -2.22. The Morgan fingerprint density at radius 3 is 2.88 bits per heavy atom. The van der Waals surface area contributed by atoms with Crippen LogP contribution in [-0.4, -0.2) is 20.8 Å². The summed E-state index contributed by atoms with van der Waals surface area (Å²) in [6, 6.07) is 9.99. The van der Waals surface area contributed by atoms with Gasteiger partial charge in [0.25, 0.3) is 0 Å². The van der Waals surface area contributed by atoms with Crippen molar-refractivity contribution in [1.29, 1.82) is 0 Å². The van der Waals surface area contributed by atoms with Crippen LogP contribution in [0.3, 0.4) is 0 Å². The van der Waals surface area contributed by atoms with Crippen LogP contribution in [-0.2, 0) is 11.3 Å². The summed E-state index contributed by atoms with van der Waals surface area (Å²) in [6.45, 7) is 1.58. The van der Waals surface area contributed by atoms with Gasteiger partial charge in [-0.1, -0.05) is 23.7 Å². The molecule has 3 aromatic rings. The van der Waals surface area contributed by atoms with Gasteiger partial charge in [-0.25, -0.2) is 0 Å². The zero-order chi connectivity index (χ0) is 17.3. The first-order valence-electron chi connectivity index (χ1n) is 7.19. The Labute approximate surface area is 142 Å². The smallest absolute Gasteiger partial charge is 0.246 e. The van der Waals surface area contributed by atoms with Gasteiger partial charge in [-0.3, -0.25) is 14.3 Å². The molecule has 0 bridgehead atoms. The second-order valence-corrected chi connectivity index (χ2v) is 5.79. The number of halogens is 1. The molecule has 0 aliphatic carbocycles. The number of para-hydroxylation sites is 1. The van der Waals surface area contributed by atoms with E-state index in [1.165, 1.54) is 16.9 Å². The van der Waals surface area contributed by atoms with Gasteiger partial charge in [-0.15, -0.1) is 0 Å². The number of aromatic nitrogens is 2. The minimum absolute atomic E-state index is 0.0366. The molecule has 0 aliphatic heterocycles. The van der Waals surface area contributed by atoms with E-state index in [0.29, 0.717) is 21.5 Å². The number of benzene rings is 2. The van der Waals surface area contributed by atoms with Crippen LogP contribution in [0.1, 0.15) is 5.56 Å². The van der Waals surface area contributed by atoms with Gasteiger partial charge < -0.3 is 10.4 Å². The molecule has 7 heteroatoms. The van der Waals surface area contributed by atoms with Crippen LogP contribution in [0.5, 0.6) is 5.75 Å². The number of nitrogens with one attached hydrogen (secondary N) is 1. The van der Waals surface area contributed by atoms with Gasteiger partial charge in [-0.05, 0) is 36.8 Å². The van der Waals surface area contributed by atoms with Crippen molar-refractivity contribution >= 4 is 34.1 Å². The Balaban J connectivity index is 1.89. The van der Waals surface area contributed by atoms with E-state index in [9.17, 15) is 14.7 Å². The largest absolute Gasteiger partial charge is 0.505 e. The highest BCUT2D eigenvalue weighted by Gasteiger charge is 2.12. The first-order chi connectivity index (χ1) is 11.5. The van der Waals surface area contributed by atoms with E-state index >= 15 is 0 Å². The minimum Gasteiger partial charge on any atom is -0.505 e. The van der Waals surface area contributed by atoms with Gasteiger partial charge in [-0.2, -0.15) is 5.10 Å². The van der Waals surface area contributed by atoms with Crippen molar-refractivity contribution in [1.82, 2.24) is 9.78 Å². The number of fused-ring (bicyclic) bond motifs is 1. The van der Waals surface area contributed by atoms with E-state index in [1.807, 2.05) is 0 Å². The first-order valence-corrected chi connectivity index (χ1v) is 7.57. The average molecular weight is 344 g/mol. The predicted molar refractivity (Wildman–Crippen MR) is 92.5 cm³/mol. The van der Waals surface area contributed by atoms with E-state index < -0.39 is 5.91 Å². The van der Waals surface area contributed by atoms with E-state index in [0.717, 1.165) is 0 Å². The normalized spacial score (nSPS) is 10.8. The predicted octanol–water partition coefficient (Wildman–Crippen LogP) is 2.70. The molecule has 0 fully saturated rings. The number of carbonyl (C=O) groups excluding carboxylic acids is 1. The summed E-state index contributed by atoms with van der Waals surface area (Å²) < 4.78 is 1.43. The Morgan fingerprint density at radius 1 is 1.33 bits per heavy atom. The Hall–Kier alpha value is -2.86. The van der Waals surface area contributed by atoms with E-state index in [-0.39, 0.29) is 23.4 Å². The maximum atomic E-state index is 12.3. The third-order valence-electron chi connectivity index (χ3n) is 3.59. The van der Waals surface area contributed by atoms with Crippen LogP contribution in [0.4, 0.5) is 5.69 Å². The summed E-state index contributed by atoms with van der Waals surface area (Å²) in [5.74, 6) is -0.432. The fourth-order valence-electron chi connectivity index (χ4n) is 2.44. The number of rotatable bonds is 3. The molecule has 0 spiro atoms. The Bertz CT molecular complexity index is 998. The maximum absolute atomic E-state index is 12.3. The van der Waals surface area contributed by atoms with Crippen LogP contribution in [0.25, 0.3) is 10.9 Å². The second-order valence-electron chi connectivity index (χ2n) is 5.35. The molecule has 24 heavy (non-hydrogen) atoms. The van der Waals surface area contributed by atoms with Crippen LogP contribution in [0, 0.1) is 6.92 Å². The zero-order valence-corrected chi connectivity index (χ0v) is 13.5. The SMILES string of the molecule is Cc1cc(Cl)cc(NC(=O)Cn2ncc(=O)c3ccccc32)c1O. The van der Waals surface area contributed by atoms with E-state index in [4.69, 9.17) is 11.6 Å². The van der Waals surface area contributed by atoms with Crippen LogP contribution in [0.2, 0.25) is 5.02 Å². The number of hydrogen-bond donors (Lipinski definition) is 2. The van der Waals surface area contributed by atoms with Crippen LogP contribution < -0.4 is 10.7 Å². The highest BCUT2D eigenvalue weighted by molar-refractivity contribution is 6.31. The van der Waals surface area contributed by atoms with Gasteiger partial charge in [0.1, 0.15) is 12.3 Å². The van der Waals surface area contributed by atoms with Gasteiger partial charge in [0.15, 0.2) is 0 Å². The quantitative estimate of drug-likeness (QED) is 0.716. The van der Waals surface area contributed by atoms with Gasteiger partial charge >= 0.3 is 0 Å². The second kappa shape index (κ2) is 6.33. The molecule has 2 N–H and O–H groups in total. The number of nitrogens with zero attached hydrogens (tertiary/aromatic N) is 2. The van der Waals surface area contributed by atoms with E-state index in [2.05, 4.69) is 10.4 Å². The first kappa shape index (κ1) is 16.0. The molecular formula is C17H14ClN3O3. The lowest BCUT2D eigenvalue weighted by atomic mass is 10.2. The van der Waals surface area contributed by atoms with Crippen molar-refractivity contribution in [3.8, 4) is 5.75 Å². The molecule has 0 saturated heterocycles. The molecule has 0 saturated carbocycles. The van der Waals surface area contributed by atoms with Gasteiger partial charge in [0.2, 0.25) is 11.3 Å². The molecule has 0 unspecified atom stereocenters. The number of hydrogen-bond acceptors (Lipinski definition) is 4. The minimum atomic E-state index is -0.395. The highest BCUT2D eigenvalue weighted by atomic mass is 35.5. The molecule has 2 aromatic carbocycles. The van der Waals surface area contributed by atoms with Crippen molar-refractivity contribution in [3.05, 3.63) is 63.4 Å². The standard InChI is InChI=1S/C17H14ClN3O3/c1-10-6-11(18)7-13(17(10)24)20-16(23)9-21-14-5-3-2-4-12(14)15(22)8-19-21/h2-8,24H,9H2,1H3,(H,20,23). The number of anilines is 1. The summed E-state index contributed by atoms with van der Waals surface area (Å²) in [7, 11) is 0. The topological polar surface area (TPSA) is 84.2 Å². The zero-order valence-electron chi connectivity index (χ0n) is 12.8. The van der Waals surface area contributed by atoms with Crippen molar-refractivity contribution in [2.24, 2.45) is 0 Å². The molecule has 122 valence electrons. The molecule has 0 aliphatic rings. The number of amides is 1. The van der Waals surface area contributed by atoms with Gasteiger partial charge in [0, 0.05) is 10.4 Å². The molecule has 1 heterocycles. The molecule has 0 atom stereocenters. The lowest BCUT2D eigenvalue weighted by molar-refractivity contribution is -0.116. The molecular weight excluding hydrogens is 330 g/mol. The fourth-order valence-corrected chi connectivity index (χ4v) is 2.72. The molecule has 6 nitrogen and oxygen atoms in total. The Kier molecular flexibility index (Phi) is 4.22. The number of aryl methyl sites for hydroxylation is 1. The molecule has 0 radical (unpaired) electrons. The van der Waals surface area contributed by atoms with E-state index in [1.54, 1.807) is 37.3 Å². The van der Waals surface area contributed by atoms with Crippen LogP contribution >= 0.6 is 11.6 Å². The maximum Gasteiger partial charge on any atom is 0.246 e. The summed E-state index contributed by atoms with van der Waals surface area (Å²) in [4.78, 5) is 24.1. The highest BCUT2D eigenvalue weighted by Crippen LogP contribution is 2.30. The summed E-state index contributed by atoms with van der Waals surface area (Å²) >= 11 is 5.95. The monoisotopic (exact) mass is 343 g/mol. The van der Waals surface area contributed by atoms with Crippen molar-refractivity contribution in [2.45, 2.75) is 13.5 Å². The third-order valence-corrected chi connectivity index (χ3v) is 3.81. The Morgan fingerprint density at radius 2 is 2.08 bits per heavy atom. The lowest BCUT2D eigenvalue weighted by Gasteiger charge is -2.12. The number of phenols is 1. The summed E-state index contributed by atoms with van der Waals surface area (Å²) in [6.07, 6.45) is 1.18. The number of aromatic hydroxyl groups is 1. The number of carbonyl (C=O) groups is 1. The molecule has 3 rings (SSSR count). The van der Waals surface area contributed by atoms with Crippen molar-refractivity contribution < 1.29 is 9.90 Å². The molecule has 1 aromatic heterocycles. The fraction of sp³-hybridized carbons (Fsp3) is 0.118. The molecule has 1 amide bonds. The third kappa shape index (κ3) is 3.09. The summed E-state index contributed by atoms with van der Waals surface area (Å²) in [5.41, 5.74) is 1.15. The van der Waals surface area contributed by atoms with Gasteiger partial charge in [0.05, 0.1) is 17.4 Å². The number of phenolic OH excluding ortho intramolecular Hbond substituents is 1.